The van der Waals surface area contributed by atoms with Crippen molar-refractivity contribution < 1.29 is 4.74 Å². The Balaban J connectivity index is 2.41. The molecule has 106 valence electrons. The second-order valence-electron chi connectivity index (χ2n) is 5.68. The molecule has 1 aromatic carbocycles. The Labute approximate surface area is 116 Å². The van der Waals surface area contributed by atoms with Crippen molar-refractivity contribution in [1.29, 1.82) is 0 Å². The molecule has 0 unspecified atom stereocenters. The first kappa shape index (κ1) is 14.4. The Morgan fingerprint density at radius 2 is 2.00 bits per heavy atom. The van der Waals surface area contributed by atoms with Gasteiger partial charge in [-0.05, 0) is 51.0 Å². The SMILES string of the molecule is CCc1ccc(OC)c(C2(CN)CCN(C)CC2)c1. The molecular weight excluding hydrogens is 236 g/mol. The number of nitrogens with two attached hydrogens (primary N) is 1. The Kier molecular flexibility index (Phi) is 4.48. The van der Waals surface area contributed by atoms with Crippen molar-refractivity contribution in [3.05, 3.63) is 29.3 Å². The molecule has 0 radical (unpaired) electrons. The summed E-state index contributed by atoms with van der Waals surface area (Å²) in [4.78, 5) is 2.38. The van der Waals surface area contributed by atoms with Gasteiger partial charge in [0.2, 0.25) is 0 Å². The summed E-state index contributed by atoms with van der Waals surface area (Å²) < 4.78 is 5.58. The summed E-state index contributed by atoms with van der Waals surface area (Å²) in [5, 5.41) is 0. The molecule has 0 amide bonds. The summed E-state index contributed by atoms with van der Waals surface area (Å²) in [6.07, 6.45) is 3.28. The molecule has 0 aliphatic carbocycles. The van der Waals surface area contributed by atoms with Crippen LogP contribution in [0, 0.1) is 0 Å². The molecule has 0 bridgehead atoms. The van der Waals surface area contributed by atoms with Crippen LogP contribution in [-0.2, 0) is 11.8 Å². The van der Waals surface area contributed by atoms with Crippen molar-refractivity contribution in [1.82, 2.24) is 4.90 Å². The zero-order chi connectivity index (χ0) is 13.9. The number of ether oxygens (including phenoxy) is 1. The van der Waals surface area contributed by atoms with Crippen molar-refractivity contribution >= 4 is 0 Å². The summed E-state index contributed by atoms with van der Waals surface area (Å²) in [7, 11) is 3.93. The van der Waals surface area contributed by atoms with Crippen LogP contribution in [0.25, 0.3) is 0 Å². The predicted molar refractivity (Wildman–Crippen MR) is 79.8 cm³/mol. The van der Waals surface area contributed by atoms with Crippen molar-refractivity contribution in [2.45, 2.75) is 31.6 Å². The topological polar surface area (TPSA) is 38.5 Å². The minimum atomic E-state index is 0.0863. The molecule has 1 aliphatic rings. The monoisotopic (exact) mass is 262 g/mol. The number of piperidine rings is 1. The maximum absolute atomic E-state index is 6.16. The zero-order valence-electron chi connectivity index (χ0n) is 12.4. The first-order valence-electron chi connectivity index (χ1n) is 7.21. The summed E-state index contributed by atoms with van der Waals surface area (Å²) in [6, 6.07) is 6.56. The van der Waals surface area contributed by atoms with Crippen LogP contribution in [-0.4, -0.2) is 38.7 Å². The number of aryl methyl sites for hydroxylation is 1. The Morgan fingerprint density at radius 1 is 1.32 bits per heavy atom. The number of likely N-dealkylation sites (tertiary alicyclic amines) is 1. The number of hydrogen-bond donors (Lipinski definition) is 1. The van der Waals surface area contributed by atoms with E-state index in [1.54, 1.807) is 7.11 Å². The van der Waals surface area contributed by atoms with Gasteiger partial charge in [0.05, 0.1) is 7.11 Å². The van der Waals surface area contributed by atoms with Crippen molar-refractivity contribution in [3.63, 3.8) is 0 Å². The number of rotatable bonds is 4. The minimum absolute atomic E-state index is 0.0863. The lowest BCUT2D eigenvalue weighted by Crippen LogP contribution is -2.45. The molecular formula is C16H26N2O. The van der Waals surface area contributed by atoms with E-state index >= 15 is 0 Å². The summed E-state index contributed by atoms with van der Waals surface area (Å²) in [5.41, 5.74) is 8.92. The van der Waals surface area contributed by atoms with Crippen LogP contribution in [0.4, 0.5) is 0 Å². The molecule has 0 atom stereocenters. The number of hydrogen-bond acceptors (Lipinski definition) is 3. The van der Waals surface area contributed by atoms with Crippen LogP contribution in [0.1, 0.15) is 30.9 Å². The second kappa shape index (κ2) is 5.93. The third-order valence-electron chi connectivity index (χ3n) is 4.58. The lowest BCUT2D eigenvalue weighted by Gasteiger charge is -2.41. The van der Waals surface area contributed by atoms with Crippen molar-refractivity contribution in [2.24, 2.45) is 5.73 Å². The molecule has 0 saturated carbocycles. The van der Waals surface area contributed by atoms with Crippen LogP contribution in [0.2, 0.25) is 0 Å². The van der Waals surface area contributed by atoms with Crippen molar-refractivity contribution in [3.8, 4) is 5.75 Å². The van der Waals surface area contributed by atoms with E-state index in [4.69, 9.17) is 10.5 Å². The maximum atomic E-state index is 6.16. The molecule has 19 heavy (non-hydrogen) atoms. The standard InChI is InChI=1S/C16H26N2O/c1-4-13-5-6-15(19-3)14(11-13)16(12-17)7-9-18(2)10-8-16/h5-6,11H,4,7-10,12,17H2,1-3H3. The first-order valence-corrected chi connectivity index (χ1v) is 7.21. The summed E-state index contributed by atoms with van der Waals surface area (Å²) in [6.45, 7) is 5.10. The van der Waals surface area contributed by atoms with E-state index in [0.717, 1.165) is 38.1 Å². The van der Waals surface area contributed by atoms with E-state index in [1.165, 1.54) is 11.1 Å². The molecule has 2 rings (SSSR count). The largest absolute Gasteiger partial charge is 0.496 e. The fraction of sp³-hybridized carbons (Fsp3) is 0.625. The van der Waals surface area contributed by atoms with Gasteiger partial charge in [-0.1, -0.05) is 19.1 Å². The summed E-state index contributed by atoms with van der Waals surface area (Å²) in [5.74, 6) is 0.993. The first-order chi connectivity index (χ1) is 9.15. The molecule has 0 aromatic heterocycles. The van der Waals surface area contributed by atoms with E-state index in [2.05, 4.69) is 37.1 Å². The third-order valence-corrected chi connectivity index (χ3v) is 4.58. The fourth-order valence-electron chi connectivity index (χ4n) is 3.02. The Morgan fingerprint density at radius 3 is 2.53 bits per heavy atom. The zero-order valence-corrected chi connectivity index (χ0v) is 12.4. The van der Waals surface area contributed by atoms with Gasteiger partial charge in [-0.25, -0.2) is 0 Å². The maximum Gasteiger partial charge on any atom is 0.122 e. The van der Waals surface area contributed by atoms with Crippen LogP contribution in [0.3, 0.4) is 0 Å². The molecule has 1 fully saturated rings. The van der Waals surface area contributed by atoms with Crippen LogP contribution in [0.15, 0.2) is 18.2 Å². The number of nitrogens with zero attached hydrogens (tertiary/aromatic N) is 1. The average molecular weight is 262 g/mol. The highest BCUT2D eigenvalue weighted by Crippen LogP contribution is 2.39. The number of benzene rings is 1. The summed E-state index contributed by atoms with van der Waals surface area (Å²) >= 11 is 0. The lowest BCUT2D eigenvalue weighted by atomic mass is 9.72. The highest BCUT2D eigenvalue weighted by molar-refractivity contribution is 5.43. The predicted octanol–water partition coefficient (Wildman–Crippen LogP) is 2.18. The van der Waals surface area contributed by atoms with Crippen LogP contribution in [0.5, 0.6) is 5.75 Å². The van der Waals surface area contributed by atoms with E-state index in [0.29, 0.717) is 6.54 Å². The van der Waals surface area contributed by atoms with Gasteiger partial charge in [0.1, 0.15) is 5.75 Å². The minimum Gasteiger partial charge on any atom is -0.496 e. The second-order valence-corrected chi connectivity index (χ2v) is 5.68. The van der Waals surface area contributed by atoms with Gasteiger partial charge in [-0.2, -0.15) is 0 Å². The molecule has 1 aromatic rings. The Hall–Kier alpha value is -1.06. The average Bonchev–Trinajstić information content (AvgIpc) is 2.48. The number of methoxy groups -OCH3 is 1. The molecule has 3 heteroatoms. The van der Waals surface area contributed by atoms with Gasteiger partial charge < -0.3 is 15.4 Å². The van der Waals surface area contributed by atoms with E-state index in [-0.39, 0.29) is 5.41 Å². The lowest BCUT2D eigenvalue weighted by molar-refractivity contribution is 0.188. The molecule has 2 N–H and O–H groups in total. The van der Waals surface area contributed by atoms with Gasteiger partial charge in [-0.15, -0.1) is 0 Å². The van der Waals surface area contributed by atoms with E-state index in [9.17, 15) is 0 Å². The van der Waals surface area contributed by atoms with Gasteiger partial charge >= 0.3 is 0 Å². The van der Waals surface area contributed by atoms with E-state index < -0.39 is 0 Å². The normalized spacial score (nSPS) is 19.4. The van der Waals surface area contributed by atoms with Gasteiger partial charge in [-0.3, -0.25) is 0 Å². The molecule has 1 aliphatic heterocycles. The third kappa shape index (κ3) is 2.77. The molecule has 1 saturated heterocycles. The molecule has 3 nitrogen and oxygen atoms in total. The highest BCUT2D eigenvalue weighted by Gasteiger charge is 2.36. The Bertz CT molecular complexity index is 423. The van der Waals surface area contributed by atoms with Gasteiger partial charge in [0, 0.05) is 17.5 Å². The van der Waals surface area contributed by atoms with Crippen LogP contribution < -0.4 is 10.5 Å². The quantitative estimate of drug-likeness (QED) is 0.904. The molecule has 0 spiro atoms. The smallest absolute Gasteiger partial charge is 0.122 e. The van der Waals surface area contributed by atoms with E-state index in [1.807, 2.05) is 0 Å². The van der Waals surface area contributed by atoms with Crippen molar-refractivity contribution in [2.75, 3.05) is 33.8 Å². The van der Waals surface area contributed by atoms with Gasteiger partial charge in [0.25, 0.3) is 0 Å². The highest BCUT2D eigenvalue weighted by atomic mass is 16.5. The van der Waals surface area contributed by atoms with Gasteiger partial charge in [0.15, 0.2) is 0 Å². The fourth-order valence-corrected chi connectivity index (χ4v) is 3.02. The molecule has 1 heterocycles. The van der Waals surface area contributed by atoms with Crippen LogP contribution >= 0.6 is 0 Å².